The van der Waals surface area contributed by atoms with Gasteiger partial charge in [-0.25, -0.2) is 4.98 Å². The molecule has 1 aromatic heterocycles. The molecule has 19 heavy (non-hydrogen) atoms. The number of rotatable bonds is 3. The number of hydrogen-bond acceptors (Lipinski definition) is 4. The summed E-state index contributed by atoms with van der Waals surface area (Å²) in [6.45, 7) is 1.74. The van der Waals surface area contributed by atoms with Crippen molar-refractivity contribution >= 4 is 17.3 Å². The number of nitrogen functional groups attached to an aromatic ring is 1. The Morgan fingerprint density at radius 1 is 1.26 bits per heavy atom. The highest BCUT2D eigenvalue weighted by Crippen LogP contribution is 2.26. The molecule has 0 radical (unpaired) electrons. The molecule has 2 aromatic rings. The predicted octanol–water partition coefficient (Wildman–Crippen LogP) is 2.94. The Labute approximate surface area is 106 Å². The number of H-pyrrole nitrogens is 1. The summed E-state index contributed by atoms with van der Waals surface area (Å²) >= 11 is 0. The van der Waals surface area contributed by atoms with E-state index < -0.39 is 6.36 Å². The van der Waals surface area contributed by atoms with Crippen LogP contribution in [0.25, 0.3) is 0 Å². The van der Waals surface area contributed by atoms with Gasteiger partial charge in [-0.05, 0) is 31.2 Å². The van der Waals surface area contributed by atoms with Gasteiger partial charge in [0.2, 0.25) is 0 Å². The molecule has 0 unspecified atom stereocenters. The van der Waals surface area contributed by atoms with Crippen LogP contribution < -0.4 is 15.8 Å². The zero-order valence-corrected chi connectivity index (χ0v) is 9.88. The molecule has 2 rings (SSSR count). The van der Waals surface area contributed by atoms with Gasteiger partial charge >= 0.3 is 6.36 Å². The van der Waals surface area contributed by atoms with Crippen LogP contribution >= 0.6 is 0 Å². The van der Waals surface area contributed by atoms with Crippen molar-refractivity contribution < 1.29 is 17.9 Å². The third-order valence-electron chi connectivity index (χ3n) is 2.20. The number of alkyl halides is 3. The average Bonchev–Trinajstić information content (AvgIpc) is 2.58. The van der Waals surface area contributed by atoms with Gasteiger partial charge in [-0.2, -0.15) is 0 Å². The van der Waals surface area contributed by atoms with E-state index in [1.54, 1.807) is 6.92 Å². The summed E-state index contributed by atoms with van der Waals surface area (Å²) in [6.07, 6.45) is -4.70. The largest absolute Gasteiger partial charge is 0.573 e. The van der Waals surface area contributed by atoms with Crippen molar-refractivity contribution in [1.29, 1.82) is 0 Å². The normalized spacial score (nSPS) is 11.4. The molecule has 0 amide bonds. The van der Waals surface area contributed by atoms with Gasteiger partial charge in [0, 0.05) is 5.69 Å². The molecule has 0 bridgehead atoms. The Bertz CT molecular complexity index is 562. The van der Waals surface area contributed by atoms with Crippen LogP contribution in [0.4, 0.5) is 30.5 Å². The van der Waals surface area contributed by atoms with Gasteiger partial charge in [0.05, 0.1) is 0 Å². The molecule has 0 atom stereocenters. The maximum atomic E-state index is 12.0. The lowest BCUT2D eigenvalue weighted by Crippen LogP contribution is -2.16. The van der Waals surface area contributed by atoms with Crippen molar-refractivity contribution in [3.05, 3.63) is 30.1 Å². The van der Waals surface area contributed by atoms with E-state index in [-0.39, 0.29) is 5.75 Å². The molecule has 0 aliphatic heterocycles. The highest BCUT2D eigenvalue weighted by atomic mass is 19.4. The summed E-state index contributed by atoms with van der Waals surface area (Å²) in [5.74, 6) is 1.12. The van der Waals surface area contributed by atoms with E-state index in [0.29, 0.717) is 23.1 Å². The topological polar surface area (TPSA) is 76.0 Å². The van der Waals surface area contributed by atoms with Gasteiger partial charge in [-0.1, -0.05) is 0 Å². The average molecular weight is 272 g/mol. The Balaban J connectivity index is 2.09. The number of ether oxygens (including phenoxy) is 1. The van der Waals surface area contributed by atoms with E-state index in [2.05, 4.69) is 20.0 Å². The van der Waals surface area contributed by atoms with Gasteiger partial charge in [0.15, 0.2) is 5.82 Å². The van der Waals surface area contributed by atoms with Gasteiger partial charge in [-0.3, -0.25) is 0 Å². The lowest BCUT2D eigenvalue weighted by Gasteiger charge is -2.09. The van der Waals surface area contributed by atoms with E-state index in [0.717, 1.165) is 0 Å². The molecule has 0 aliphatic carbocycles. The number of hydrogen-bond donors (Lipinski definition) is 3. The van der Waals surface area contributed by atoms with Crippen LogP contribution in [0, 0.1) is 6.92 Å². The number of nitrogens with two attached hydrogens (primary N) is 1. The second-order valence-electron chi connectivity index (χ2n) is 3.78. The molecule has 0 saturated carbocycles. The van der Waals surface area contributed by atoms with Crippen molar-refractivity contribution in [2.24, 2.45) is 0 Å². The number of nitrogens with one attached hydrogen (secondary N) is 2. The maximum Gasteiger partial charge on any atom is 0.573 e. The van der Waals surface area contributed by atoms with Crippen LogP contribution in [0.1, 0.15) is 5.82 Å². The second-order valence-corrected chi connectivity index (χ2v) is 3.78. The number of benzene rings is 1. The maximum absolute atomic E-state index is 12.0. The van der Waals surface area contributed by atoms with Crippen LogP contribution in [0.2, 0.25) is 0 Å². The standard InChI is InChI=1S/C11H11F3N4O/c1-6-16-9(15)10(17-6)18-7-2-4-8(5-3-7)19-11(12,13)14/h2-5,18H,15H2,1H3,(H,16,17). The van der Waals surface area contributed by atoms with Crippen LogP contribution in [0.3, 0.4) is 0 Å². The smallest absolute Gasteiger partial charge is 0.406 e. The van der Waals surface area contributed by atoms with Crippen molar-refractivity contribution in [2.45, 2.75) is 13.3 Å². The van der Waals surface area contributed by atoms with Crippen LogP contribution in [-0.4, -0.2) is 16.3 Å². The summed E-state index contributed by atoms with van der Waals surface area (Å²) in [5.41, 5.74) is 6.20. The van der Waals surface area contributed by atoms with Gasteiger partial charge in [0.1, 0.15) is 17.4 Å². The molecule has 8 heteroatoms. The molecular weight excluding hydrogens is 261 g/mol. The molecular formula is C11H11F3N4O. The molecule has 0 spiro atoms. The molecule has 5 nitrogen and oxygen atoms in total. The van der Waals surface area contributed by atoms with Crippen molar-refractivity contribution in [2.75, 3.05) is 11.1 Å². The van der Waals surface area contributed by atoms with Gasteiger partial charge < -0.3 is 20.8 Å². The molecule has 1 aromatic carbocycles. The predicted molar refractivity (Wildman–Crippen MR) is 64.1 cm³/mol. The SMILES string of the molecule is Cc1nc(Nc2ccc(OC(F)(F)F)cc2)c(N)[nH]1. The Kier molecular flexibility index (Phi) is 3.24. The third-order valence-corrected chi connectivity index (χ3v) is 2.20. The van der Waals surface area contributed by atoms with Crippen molar-refractivity contribution in [3.8, 4) is 5.75 Å². The molecule has 1 heterocycles. The van der Waals surface area contributed by atoms with E-state index in [9.17, 15) is 13.2 Å². The summed E-state index contributed by atoms with van der Waals surface area (Å²) in [6, 6.07) is 5.27. The molecule has 0 fully saturated rings. The zero-order chi connectivity index (χ0) is 14.0. The lowest BCUT2D eigenvalue weighted by molar-refractivity contribution is -0.274. The number of anilines is 3. The minimum Gasteiger partial charge on any atom is -0.406 e. The van der Waals surface area contributed by atoms with Crippen LogP contribution in [0.15, 0.2) is 24.3 Å². The fraction of sp³-hybridized carbons (Fsp3) is 0.182. The van der Waals surface area contributed by atoms with Gasteiger partial charge in [-0.15, -0.1) is 13.2 Å². The third kappa shape index (κ3) is 3.54. The minimum atomic E-state index is -4.70. The number of nitrogens with zero attached hydrogens (tertiary/aromatic N) is 1. The first-order valence-corrected chi connectivity index (χ1v) is 5.28. The minimum absolute atomic E-state index is 0.288. The molecule has 4 N–H and O–H groups in total. The second kappa shape index (κ2) is 4.71. The van der Waals surface area contributed by atoms with E-state index >= 15 is 0 Å². The first-order chi connectivity index (χ1) is 8.83. The first kappa shape index (κ1) is 13.1. The fourth-order valence-electron chi connectivity index (χ4n) is 1.48. The highest BCUT2D eigenvalue weighted by Gasteiger charge is 2.30. The van der Waals surface area contributed by atoms with E-state index in [4.69, 9.17) is 5.73 Å². The van der Waals surface area contributed by atoms with E-state index in [1.165, 1.54) is 24.3 Å². The number of imidazole rings is 1. The summed E-state index contributed by atoms with van der Waals surface area (Å²) in [4.78, 5) is 6.89. The van der Waals surface area contributed by atoms with Gasteiger partial charge in [0.25, 0.3) is 0 Å². The summed E-state index contributed by atoms with van der Waals surface area (Å²) in [5, 5.41) is 2.88. The Morgan fingerprint density at radius 3 is 2.37 bits per heavy atom. The monoisotopic (exact) mass is 272 g/mol. The number of aromatic amines is 1. The number of aromatic nitrogens is 2. The number of halogens is 3. The summed E-state index contributed by atoms with van der Waals surface area (Å²) < 4.78 is 39.7. The van der Waals surface area contributed by atoms with Crippen LogP contribution in [0.5, 0.6) is 5.75 Å². The Hall–Kier alpha value is -2.38. The lowest BCUT2D eigenvalue weighted by atomic mass is 10.3. The molecule has 0 saturated heterocycles. The zero-order valence-electron chi connectivity index (χ0n) is 9.88. The van der Waals surface area contributed by atoms with Crippen LogP contribution in [-0.2, 0) is 0 Å². The molecule has 102 valence electrons. The number of aryl methyl sites for hydroxylation is 1. The van der Waals surface area contributed by atoms with Crippen molar-refractivity contribution in [1.82, 2.24) is 9.97 Å². The summed E-state index contributed by atoms with van der Waals surface area (Å²) in [7, 11) is 0. The quantitative estimate of drug-likeness (QED) is 0.803. The highest BCUT2D eigenvalue weighted by molar-refractivity contribution is 5.66. The first-order valence-electron chi connectivity index (χ1n) is 5.28. The molecule has 0 aliphatic rings. The van der Waals surface area contributed by atoms with Crippen molar-refractivity contribution in [3.63, 3.8) is 0 Å². The fourth-order valence-corrected chi connectivity index (χ4v) is 1.48. The Morgan fingerprint density at radius 2 is 1.89 bits per heavy atom. The van der Waals surface area contributed by atoms with E-state index in [1.807, 2.05) is 0 Å².